The normalized spacial score (nSPS) is 10.3. The molecule has 0 aliphatic carbocycles. The fourth-order valence-corrected chi connectivity index (χ4v) is 1.95. The third-order valence-electron chi connectivity index (χ3n) is 2.71. The Bertz CT molecular complexity index is 569. The van der Waals surface area contributed by atoms with E-state index in [1.807, 2.05) is 0 Å². The number of phenols is 1. The van der Waals surface area contributed by atoms with E-state index in [1.54, 1.807) is 24.3 Å². The molecular formula is C14H13ClFNO2. The number of methoxy groups -OCH3 is 1. The average molecular weight is 282 g/mol. The van der Waals surface area contributed by atoms with Crippen molar-refractivity contribution in [3.63, 3.8) is 0 Å². The summed E-state index contributed by atoms with van der Waals surface area (Å²) in [6.07, 6.45) is 0. The number of benzene rings is 2. The van der Waals surface area contributed by atoms with Crippen LogP contribution in [0.3, 0.4) is 0 Å². The average Bonchev–Trinajstić information content (AvgIpc) is 2.39. The highest BCUT2D eigenvalue weighted by molar-refractivity contribution is 6.31. The molecule has 0 aliphatic rings. The van der Waals surface area contributed by atoms with Gasteiger partial charge in [0.15, 0.2) is 0 Å². The minimum Gasteiger partial charge on any atom is -0.508 e. The van der Waals surface area contributed by atoms with Crippen LogP contribution in [0.2, 0.25) is 5.02 Å². The standard InChI is InChI=1S/C14H13ClFNO2/c1-19-14-7-9(16)5-6-12(14)17-8-10-11(15)3-2-4-13(10)18/h2-7,17-18H,8H2,1H3. The fourth-order valence-electron chi connectivity index (χ4n) is 1.72. The van der Waals surface area contributed by atoms with E-state index in [0.29, 0.717) is 28.6 Å². The summed E-state index contributed by atoms with van der Waals surface area (Å²) in [5, 5.41) is 13.2. The Kier molecular flexibility index (Phi) is 4.12. The van der Waals surface area contributed by atoms with Crippen molar-refractivity contribution in [3.05, 3.63) is 52.8 Å². The molecule has 0 aromatic heterocycles. The van der Waals surface area contributed by atoms with Gasteiger partial charge in [-0.2, -0.15) is 0 Å². The van der Waals surface area contributed by atoms with E-state index >= 15 is 0 Å². The van der Waals surface area contributed by atoms with Crippen LogP contribution in [-0.4, -0.2) is 12.2 Å². The quantitative estimate of drug-likeness (QED) is 0.895. The first-order chi connectivity index (χ1) is 9.11. The molecule has 5 heteroatoms. The van der Waals surface area contributed by atoms with Crippen molar-refractivity contribution in [2.45, 2.75) is 6.54 Å². The maximum absolute atomic E-state index is 13.1. The molecule has 2 rings (SSSR count). The van der Waals surface area contributed by atoms with Crippen LogP contribution < -0.4 is 10.1 Å². The molecule has 0 unspecified atom stereocenters. The van der Waals surface area contributed by atoms with Gasteiger partial charge in [0.1, 0.15) is 17.3 Å². The molecule has 0 aliphatic heterocycles. The second-order valence-electron chi connectivity index (χ2n) is 3.94. The van der Waals surface area contributed by atoms with E-state index in [9.17, 15) is 9.50 Å². The zero-order valence-electron chi connectivity index (χ0n) is 10.3. The minimum atomic E-state index is -0.372. The predicted octanol–water partition coefficient (Wildman–Crippen LogP) is 3.81. The van der Waals surface area contributed by atoms with Crippen molar-refractivity contribution in [1.82, 2.24) is 0 Å². The van der Waals surface area contributed by atoms with Gasteiger partial charge in [-0.3, -0.25) is 0 Å². The van der Waals surface area contributed by atoms with Crippen LogP contribution in [0, 0.1) is 5.82 Å². The molecule has 0 saturated heterocycles. The van der Waals surface area contributed by atoms with Crippen LogP contribution in [0.5, 0.6) is 11.5 Å². The van der Waals surface area contributed by atoms with Gasteiger partial charge < -0.3 is 15.2 Å². The fraction of sp³-hybridized carbons (Fsp3) is 0.143. The second-order valence-corrected chi connectivity index (χ2v) is 4.34. The van der Waals surface area contributed by atoms with E-state index in [-0.39, 0.29) is 11.6 Å². The van der Waals surface area contributed by atoms with Gasteiger partial charge in [-0.15, -0.1) is 0 Å². The largest absolute Gasteiger partial charge is 0.508 e. The number of halogens is 2. The Hall–Kier alpha value is -1.94. The lowest BCUT2D eigenvalue weighted by Crippen LogP contribution is -2.02. The molecule has 19 heavy (non-hydrogen) atoms. The monoisotopic (exact) mass is 281 g/mol. The van der Waals surface area contributed by atoms with Gasteiger partial charge in [-0.25, -0.2) is 4.39 Å². The van der Waals surface area contributed by atoms with Gasteiger partial charge >= 0.3 is 0 Å². The lowest BCUT2D eigenvalue weighted by molar-refractivity contribution is 0.413. The lowest BCUT2D eigenvalue weighted by Gasteiger charge is -2.12. The van der Waals surface area contributed by atoms with Crippen molar-refractivity contribution in [2.75, 3.05) is 12.4 Å². The first-order valence-electron chi connectivity index (χ1n) is 5.65. The highest BCUT2D eigenvalue weighted by atomic mass is 35.5. The number of hydrogen-bond donors (Lipinski definition) is 2. The van der Waals surface area contributed by atoms with Crippen molar-refractivity contribution in [1.29, 1.82) is 0 Å². The Labute approximate surface area is 115 Å². The highest BCUT2D eigenvalue weighted by Gasteiger charge is 2.08. The minimum absolute atomic E-state index is 0.112. The SMILES string of the molecule is COc1cc(F)ccc1NCc1c(O)cccc1Cl. The summed E-state index contributed by atoms with van der Waals surface area (Å²) < 4.78 is 18.1. The topological polar surface area (TPSA) is 41.5 Å². The third-order valence-corrected chi connectivity index (χ3v) is 3.07. The summed E-state index contributed by atoms with van der Waals surface area (Å²) in [6.45, 7) is 0.313. The maximum atomic E-state index is 13.1. The number of ether oxygens (including phenoxy) is 1. The zero-order chi connectivity index (χ0) is 13.8. The Morgan fingerprint density at radius 1 is 1.32 bits per heavy atom. The highest BCUT2D eigenvalue weighted by Crippen LogP contribution is 2.29. The summed E-state index contributed by atoms with van der Waals surface area (Å²) in [4.78, 5) is 0. The lowest BCUT2D eigenvalue weighted by atomic mass is 10.2. The molecule has 0 amide bonds. The molecule has 2 N–H and O–H groups in total. The van der Waals surface area contributed by atoms with Crippen molar-refractivity contribution < 1.29 is 14.2 Å². The van der Waals surface area contributed by atoms with Crippen LogP contribution >= 0.6 is 11.6 Å². The number of aromatic hydroxyl groups is 1. The Morgan fingerprint density at radius 3 is 2.79 bits per heavy atom. The Morgan fingerprint density at radius 2 is 2.11 bits per heavy atom. The molecule has 0 spiro atoms. The number of hydrogen-bond acceptors (Lipinski definition) is 3. The van der Waals surface area contributed by atoms with Gasteiger partial charge in [0.25, 0.3) is 0 Å². The van der Waals surface area contributed by atoms with Crippen molar-refractivity contribution in [2.24, 2.45) is 0 Å². The molecule has 0 fully saturated rings. The smallest absolute Gasteiger partial charge is 0.144 e. The van der Waals surface area contributed by atoms with Crippen molar-refractivity contribution in [3.8, 4) is 11.5 Å². The number of nitrogens with one attached hydrogen (secondary N) is 1. The molecule has 2 aromatic carbocycles. The molecule has 0 saturated carbocycles. The van der Waals surface area contributed by atoms with Gasteiger partial charge in [-0.1, -0.05) is 17.7 Å². The number of rotatable bonds is 4. The van der Waals surface area contributed by atoms with E-state index < -0.39 is 0 Å². The molecular weight excluding hydrogens is 269 g/mol. The second kappa shape index (κ2) is 5.80. The first-order valence-corrected chi connectivity index (χ1v) is 6.03. The first kappa shape index (κ1) is 13.5. The predicted molar refractivity (Wildman–Crippen MR) is 73.4 cm³/mol. The van der Waals surface area contributed by atoms with E-state index in [1.165, 1.54) is 19.2 Å². The Balaban J connectivity index is 2.19. The molecule has 0 radical (unpaired) electrons. The van der Waals surface area contributed by atoms with Crippen LogP contribution in [0.25, 0.3) is 0 Å². The molecule has 2 aromatic rings. The van der Waals surface area contributed by atoms with Crippen LogP contribution in [-0.2, 0) is 6.54 Å². The third kappa shape index (κ3) is 3.09. The summed E-state index contributed by atoms with van der Waals surface area (Å²) in [7, 11) is 1.47. The van der Waals surface area contributed by atoms with E-state index in [4.69, 9.17) is 16.3 Å². The van der Waals surface area contributed by atoms with Crippen LogP contribution in [0.1, 0.15) is 5.56 Å². The maximum Gasteiger partial charge on any atom is 0.144 e. The van der Waals surface area contributed by atoms with E-state index in [2.05, 4.69) is 5.32 Å². The molecule has 0 atom stereocenters. The van der Waals surface area contributed by atoms with Crippen molar-refractivity contribution >= 4 is 17.3 Å². The summed E-state index contributed by atoms with van der Waals surface area (Å²) >= 11 is 6.00. The van der Waals surface area contributed by atoms with Gasteiger partial charge in [-0.05, 0) is 24.3 Å². The van der Waals surface area contributed by atoms with Gasteiger partial charge in [0.2, 0.25) is 0 Å². The van der Waals surface area contributed by atoms with Gasteiger partial charge in [0, 0.05) is 23.2 Å². The van der Waals surface area contributed by atoms with Gasteiger partial charge in [0.05, 0.1) is 12.8 Å². The van der Waals surface area contributed by atoms with Crippen LogP contribution in [0.4, 0.5) is 10.1 Å². The molecule has 0 heterocycles. The molecule has 100 valence electrons. The molecule has 3 nitrogen and oxygen atoms in total. The summed E-state index contributed by atoms with van der Waals surface area (Å²) in [6, 6.07) is 9.11. The zero-order valence-corrected chi connectivity index (χ0v) is 11.0. The number of anilines is 1. The molecule has 0 bridgehead atoms. The van der Waals surface area contributed by atoms with E-state index in [0.717, 1.165) is 0 Å². The van der Waals surface area contributed by atoms with Crippen LogP contribution in [0.15, 0.2) is 36.4 Å². The summed E-state index contributed by atoms with van der Waals surface area (Å²) in [5.74, 6) is 0.135. The summed E-state index contributed by atoms with van der Waals surface area (Å²) in [5.41, 5.74) is 1.21. The number of phenolic OH excluding ortho intramolecular Hbond substituents is 1.